The molecule has 0 aliphatic carbocycles. The molecule has 2 N–H and O–H groups in total. The molecule has 0 radical (unpaired) electrons. The third kappa shape index (κ3) is 2.39. The Morgan fingerprint density at radius 2 is 1.84 bits per heavy atom. The Kier molecular flexibility index (Phi) is 3.54. The molecule has 4 aromatic rings. The summed E-state index contributed by atoms with van der Waals surface area (Å²) in [4.78, 5) is 13.7. The minimum Gasteiger partial charge on any atom is -0.493 e. The van der Waals surface area contributed by atoms with E-state index < -0.39 is 0 Å². The fourth-order valence-electron chi connectivity index (χ4n) is 2.92. The molecular formula is C18H17N5OS. The molecule has 0 aliphatic heterocycles. The van der Waals surface area contributed by atoms with Crippen LogP contribution < -0.4 is 0 Å². The molecule has 0 amide bonds. The number of fused-ring (bicyclic) bond motifs is 2. The topological polar surface area (TPSA) is 86.5 Å². The largest absolute Gasteiger partial charge is 0.493 e. The van der Waals surface area contributed by atoms with Gasteiger partial charge in [-0.2, -0.15) is 0 Å². The zero-order valence-corrected chi connectivity index (χ0v) is 15.2. The number of nitrogens with zero attached hydrogens (tertiary/aromatic N) is 4. The van der Waals surface area contributed by atoms with Crippen LogP contribution in [0.15, 0.2) is 28.7 Å². The van der Waals surface area contributed by atoms with Gasteiger partial charge in [-0.05, 0) is 44.4 Å². The number of rotatable bonds is 2. The molecule has 126 valence electrons. The van der Waals surface area contributed by atoms with Gasteiger partial charge in [-0.15, -0.1) is 21.6 Å². The summed E-state index contributed by atoms with van der Waals surface area (Å²) >= 11 is 1.62. The van der Waals surface area contributed by atoms with E-state index in [2.05, 4.69) is 32.1 Å². The van der Waals surface area contributed by atoms with Crippen LogP contribution in [0.3, 0.4) is 0 Å². The van der Waals surface area contributed by atoms with Crippen molar-refractivity contribution in [2.45, 2.75) is 27.7 Å². The number of aromatic amines is 1. The van der Waals surface area contributed by atoms with Crippen LogP contribution in [0.4, 0.5) is 11.5 Å². The van der Waals surface area contributed by atoms with E-state index in [0.29, 0.717) is 11.5 Å². The Labute approximate surface area is 148 Å². The minimum absolute atomic E-state index is 0.0102. The first kappa shape index (κ1) is 15.7. The van der Waals surface area contributed by atoms with Crippen LogP contribution >= 0.6 is 11.3 Å². The standard InChI is InChI=1S/C18H17N5OS/c1-8-5-6-12-14(9(8)2)21-17(24)15(12)22-23-16-13-10(3)11(4)25-18(13)20-7-19-16/h5-7,21,24H,1-4H3. The fraction of sp³-hybridized carbons (Fsp3) is 0.222. The van der Waals surface area contributed by atoms with E-state index >= 15 is 0 Å². The van der Waals surface area contributed by atoms with E-state index in [1.165, 1.54) is 11.2 Å². The summed E-state index contributed by atoms with van der Waals surface area (Å²) in [7, 11) is 0. The van der Waals surface area contributed by atoms with Gasteiger partial charge in [0.1, 0.15) is 11.2 Å². The molecule has 0 aliphatic rings. The number of hydrogen-bond acceptors (Lipinski definition) is 6. The summed E-state index contributed by atoms with van der Waals surface area (Å²) < 4.78 is 0. The Morgan fingerprint density at radius 3 is 2.64 bits per heavy atom. The van der Waals surface area contributed by atoms with Gasteiger partial charge in [-0.1, -0.05) is 12.1 Å². The lowest BCUT2D eigenvalue weighted by molar-refractivity contribution is 0.459. The number of benzene rings is 1. The predicted molar refractivity (Wildman–Crippen MR) is 101 cm³/mol. The molecule has 0 atom stereocenters. The first-order valence-corrected chi connectivity index (χ1v) is 8.72. The lowest BCUT2D eigenvalue weighted by atomic mass is 10.1. The van der Waals surface area contributed by atoms with Gasteiger partial charge in [0.25, 0.3) is 0 Å². The molecule has 4 rings (SSSR count). The molecule has 0 bridgehead atoms. The number of aromatic nitrogens is 3. The fourth-order valence-corrected chi connectivity index (χ4v) is 3.91. The van der Waals surface area contributed by atoms with E-state index in [-0.39, 0.29) is 5.88 Å². The third-order valence-electron chi connectivity index (χ3n) is 4.65. The van der Waals surface area contributed by atoms with Gasteiger partial charge in [0.2, 0.25) is 5.88 Å². The first-order valence-electron chi connectivity index (χ1n) is 7.90. The Bertz CT molecular complexity index is 1160. The molecule has 0 saturated carbocycles. The predicted octanol–water partition coefficient (Wildman–Crippen LogP) is 5.53. The molecule has 6 nitrogen and oxygen atoms in total. The number of thiophene rings is 1. The van der Waals surface area contributed by atoms with Crippen molar-refractivity contribution in [2.75, 3.05) is 0 Å². The molecule has 3 aromatic heterocycles. The number of hydrogen-bond donors (Lipinski definition) is 2. The average molecular weight is 351 g/mol. The maximum atomic E-state index is 10.3. The zero-order chi connectivity index (χ0) is 17.7. The maximum absolute atomic E-state index is 10.3. The summed E-state index contributed by atoms with van der Waals surface area (Å²) in [6, 6.07) is 3.96. The normalized spacial score (nSPS) is 12.0. The summed E-state index contributed by atoms with van der Waals surface area (Å²) in [5, 5.41) is 20.6. The van der Waals surface area contributed by atoms with Crippen molar-refractivity contribution in [3.05, 3.63) is 40.0 Å². The van der Waals surface area contributed by atoms with Crippen LogP contribution in [-0.4, -0.2) is 20.1 Å². The zero-order valence-electron chi connectivity index (χ0n) is 14.4. The highest BCUT2D eigenvalue weighted by Gasteiger charge is 2.15. The van der Waals surface area contributed by atoms with Crippen LogP contribution in [-0.2, 0) is 0 Å². The van der Waals surface area contributed by atoms with Crippen molar-refractivity contribution in [1.29, 1.82) is 0 Å². The van der Waals surface area contributed by atoms with Gasteiger partial charge in [-0.25, -0.2) is 9.97 Å². The summed E-state index contributed by atoms with van der Waals surface area (Å²) in [6.07, 6.45) is 1.49. The van der Waals surface area contributed by atoms with Crippen molar-refractivity contribution < 1.29 is 5.11 Å². The highest BCUT2D eigenvalue weighted by molar-refractivity contribution is 7.18. The van der Waals surface area contributed by atoms with Gasteiger partial charge >= 0.3 is 0 Å². The van der Waals surface area contributed by atoms with E-state index in [9.17, 15) is 5.11 Å². The lowest BCUT2D eigenvalue weighted by Gasteiger charge is -2.00. The van der Waals surface area contributed by atoms with Crippen LogP contribution in [0.5, 0.6) is 5.88 Å². The molecule has 0 unspecified atom stereocenters. The van der Waals surface area contributed by atoms with Crippen LogP contribution in [0.25, 0.3) is 21.1 Å². The first-order chi connectivity index (χ1) is 12.0. The molecular weight excluding hydrogens is 334 g/mol. The minimum atomic E-state index is 0.0102. The second kappa shape index (κ2) is 5.63. The summed E-state index contributed by atoms with van der Waals surface area (Å²) in [5.74, 6) is 0.528. The SMILES string of the molecule is Cc1ccc2c(N=Nc3ncnc4sc(C)c(C)c34)c(O)[nH]c2c1C. The Balaban J connectivity index is 1.88. The number of aryl methyl sites for hydroxylation is 4. The van der Waals surface area contributed by atoms with E-state index in [1.54, 1.807) is 11.3 Å². The van der Waals surface area contributed by atoms with Crippen molar-refractivity contribution in [3.8, 4) is 5.88 Å². The van der Waals surface area contributed by atoms with Gasteiger partial charge < -0.3 is 10.1 Å². The van der Waals surface area contributed by atoms with Crippen LogP contribution in [0.2, 0.25) is 0 Å². The Morgan fingerprint density at radius 1 is 1.04 bits per heavy atom. The quantitative estimate of drug-likeness (QED) is 0.466. The van der Waals surface area contributed by atoms with Gasteiger partial charge in [0.05, 0.1) is 10.9 Å². The van der Waals surface area contributed by atoms with Crippen molar-refractivity contribution in [3.63, 3.8) is 0 Å². The van der Waals surface area contributed by atoms with Crippen molar-refractivity contribution >= 4 is 44.0 Å². The van der Waals surface area contributed by atoms with E-state index in [1.807, 2.05) is 32.9 Å². The molecule has 1 aromatic carbocycles. The van der Waals surface area contributed by atoms with Gasteiger partial charge in [0, 0.05) is 10.3 Å². The van der Waals surface area contributed by atoms with Gasteiger partial charge in [0.15, 0.2) is 11.5 Å². The smallest absolute Gasteiger partial charge is 0.218 e. The highest BCUT2D eigenvalue weighted by atomic mass is 32.1. The van der Waals surface area contributed by atoms with E-state index in [0.717, 1.165) is 37.8 Å². The number of nitrogens with one attached hydrogen (secondary N) is 1. The third-order valence-corrected chi connectivity index (χ3v) is 5.76. The number of H-pyrrole nitrogens is 1. The second-order valence-electron chi connectivity index (χ2n) is 6.11. The monoisotopic (exact) mass is 351 g/mol. The molecule has 25 heavy (non-hydrogen) atoms. The van der Waals surface area contributed by atoms with Crippen LogP contribution in [0, 0.1) is 27.7 Å². The molecule has 0 saturated heterocycles. The molecule has 7 heteroatoms. The summed E-state index contributed by atoms with van der Waals surface area (Å²) in [6.45, 7) is 8.14. The highest BCUT2D eigenvalue weighted by Crippen LogP contribution is 2.39. The van der Waals surface area contributed by atoms with Gasteiger partial charge in [-0.3, -0.25) is 0 Å². The number of aromatic hydroxyl groups is 1. The van der Waals surface area contributed by atoms with Crippen molar-refractivity contribution in [1.82, 2.24) is 15.0 Å². The second-order valence-corrected chi connectivity index (χ2v) is 7.32. The van der Waals surface area contributed by atoms with Crippen molar-refractivity contribution in [2.24, 2.45) is 10.2 Å². The summed E-state index contributed by atoms with van der Waals surface area (Å²) in [5.41, 5.74) is 4.66. The molecule has 0 spiro atoms. The van der Waals surface area contributed by atoms with Crippen LogP contribution in [0.1, 0.15) is 21.6 Å². The maximum Gasteiger partial charge on any atom is 0.218 e. The molecule has 0 fully saturated rings. The lowest BCUT2D eigenvalue weighted by Crippen LogP contribution is -1.81. The van der Waals surface area contributed by atoms with E-state index in [4.69, 9.17) is 0 Å². The number of azo groups is 1. The Hall–Kier alpha value is -2.80. The molecule has 3 heterocycles. The average Bonchev–Trinajstić information content (AvgIpc) is 3.07.